The predicted octanol–water partition coefficient (Wildman–Crippen LogP) is 6.53. The Hall–Kier alpha value is -3.35. The fourth-order valence-electron chi connectivity index (χ4n) is 3.20. The van der Waals surface area contributed by atoms with Crippen LogP contribution in [-0.2, 0) is 16.0 Å². The number of esters is 1. The van der Waals surface area contributed by atoms with Crippen molar-refractivity contribution in [3.05, 3.63) is 87.5 Å². The summed E-state index contributed by atoms with van der Waals surface area (Å²) < 4.78 is 11.5. The number of fused-ring (bicyclic) bond motifs is 1. The third kappa shape index (κ3) is 5.18. The maximum absolute atomic E-state index is 12.4. The molecule has 0 atom stereocenters. The zero-order valence-electron chi connectivity index (χ0n) is 17.9. The number of amides is 1. The van der Waals surface area contributed by atoms with Crippen molar-refractivity contribution in [3.63, 3.8) is 0 Å². The van der Waals surface area contributed by atoms with Crippen LogP contribution in [0.25, 0.3) is 5.76 Å². The summed E-state index contributed by atoms with van der Waals surface area (Å²) in [6.45, 7) is 3.58. The number of aromatic nitrogens is 1. The van der Waals surface area contributed by atoms with Gasteiger partial charge in [0.15, 0.2) is 0 Å². The number of allylic oxidation sites excluding steroid dienone is 1. The van der Waals surface area contributed by atoms with E-state index in [2.05, 4.69) is 10.3 Å². The number of carbonyl (C=O) groups is 2. The van der Waals surface area contributed by atoms with Crippen molar-refractivity contribution in [3.8, 4) is 11.6 Å². The number of hydrogen-bond acceptors (Lipinski definition) is 5. The van der Waals surface area contributed by atoms with Crippen LogP contribution < -0.4 is 10.1 Å². The number of halogens is 2. The molecule has 1 heterocycles. The van der Waals surface area contributed by atoms with E-state index in [9.17, 15) is 9.59 Å². The zero-order chi connectivity index (χ0) is 23.5. The molecule has 1 aromatic heterocycles. The fraction of sp³-hybridized carbons (Fsp3) is 0.160. The Kier molecular flexibility index (Phi) is 6.67. The molecule has 0 aliphatic heterocycles. The van der Waals surface area contributed by atoms with Crippen LogP contribution in [0.4, 0.5) is 5.69 Å². The molecule has 6 nitrogen and oxygen atoms in total. The van der Waals surface area contributed by atoms with Crippen LogP contribution >= 0.6 is 23.2 Å². The summed E-state index contributed by atoms with van der Waals surface area (Å²) in [5.74, 6) is 0.708. The molecule has 0 saturated carbocycles. The first-order valence-corrected chi connectivity index (χ1v) is 11.0. The molecule has 33 heavy (non-hydrogen) atoms. The monoisotopic (exact) mass is 482 g/mol. The van der Waals surface area contributed by atoms with E-state index in [0.717, 1.165) is 11.1 Å². The standard InChI is InChI=1S/C25H20Cl2N2O4/c1-14(2)25(31)33-22-10-8-18-17(22)4-3-5-21(18)32-23-11-7-16(13-28-23)29-24(30)15-6-9-19(26)20(27)12-15/h3-7,9-14H,8H2,1-2H3,(H,29,30). The highest BCUT2D eigenvalue weighted by Gasteiger charge is 2.23. The van der Waals surface area contributed by atoms with Gasteiger partial charge in [-0.25, -0.2) is 4.98 Å². The molecule has 0 radical (unpaired) electrons. The first-order valence-electron chi connectivity index (χ1n) is 10.3. The number of benzene rings is 2. The number of nitrogens with one attached hydrogen (secondary N) is 1. The maximum Gasteiger partial charge on any atom is 0.313 e. The molecule has 0 fully saturated rings. The van der Waals surface area contributed by atoms with Crippen molar-refractivity contribution < 1.29 is 19.1 Å². The van der Waals surface area contributed by atoms with Crippen LogP contribution in [0.5, 0.6) is 11.6 Å². The molecule has 4 rings (SSSR count). The van der Waals surface area contributed by atoms with Gasteiger partial charge in [-0.3, -0.25) is 9.59 Å². The molecule has 0 bridgehead atoms. The average Bonchev–Trinajstić information content (AvgIpc) is 3.20. The van der Waals surface area contributed by atoms with E-state index >= 15 is 0 Å². The quantitative estimate of drug-likeness (QED) is 0.404. The predicted molar refractivity (Wildman–Crippen MR) is 128 cm³/mol. The van der Waals surface area contributed by atoms with E-state index in [-0.39, 0.29) is 17.8 Å². The van der Waals surface area contributed by atoms with Gasteiger partial charge in [0.25, 0.3) is 5.91 Å². The zero-order valence-corrected chi connectivity index (χ0v) is 19.4. The lowest BCUT2D eigenvalue weighted by atomic mass is 10.1. The molecule has 1 aliphatic rings. The first-order chi connectivity index (χ1) is 15.8. The Morgan fingerprint density at radius 3 is 2.58 bits per heavy atom. The third-order valence-corrected chi connectivity index (χ3v) is 5.70. The third-order valence-electron chi connectivity index (χ3n) is 4.96. The smallest absolute Gasteiger partial charge is 0.313 e. The number of nitrogens with zero attached hydrogens (tertiary/aromatic N) is 1. The minimum atomic E-state index is -0.334. The highest BCUT2D eigenvalue weighted by atomic mass is 35.5. The van der Waals surface area contributed by atoms with Crippen LogP contribution in [0.1, 0.15) is 35.3 Å². The van der Waals surface area contributed by atoms with Gasteiger partial charge in [0.1, 0.15) is 11.5 Å². The summed E-state index contributed by atoms with van der Waals surface area (Å²) in [6, 6.07) is 13.6. The lowest BCUT2D eigenvalue weighted by Crippen LogP contribution is -2.12. The fourth-order valence-corrected chi connectivity index (χ4v) is 3.50. The van der Waals surface area contributed by atoms with Crippen molar-refractivity contribution >= 4 is 46.5 Å². The van der Waals surface area contributed by atoms with Gasteiger partial charge in [-0.05, 0) is 42.8 Å². The number of anilines is 1. The summed E-state index contributed by atoms with van der Waals surface area (Å²) >= 11 is 11.9. The Bertz CT molecular complexity index is 1250. The molecule has 168 valence electrons. The number of rotatable bonds is 6. The Morgan fingerprint density at radius 2 is 1.88 bits per heavy atom. The number of carbonyl (C=O) groups excluding carboxylic acids is 2. The normalized spacial score (nSPS) is 12.2. The van der Waals surface area contributed by atoms with Gasteiger partial charge < -0.3 is 14.8 Å². The van der Waals surface area contributed by atoms with Gasteiger partial charge in [0.2, 0.25) is 5.88 Å². The lowest BCUT2D eigenvalue weighted by molar-refractivity contribution is -0.140. The molecule has 0 saturated heterocycles. The minimum absolute atomic E-state index is 0.214. The second-order valence-electron chi connectivity index (χ2n) is 7.70. The van der Waals surface area contributed by atoms with Crippen LogP contribution in [-0.4, -0.2) is 16.9 Å². The van der Waals surface area contributed by atoms with Gasteiger partial charge in [0.05, 0.1) is 27.8 Å². The topological polar surface area (TPSA) is 77.5 Å². The van der Waals surface area contributed by atoms with E-state index in [1.807, 2.05) is 24.3 Å². The largest absolute Gasteiger partial charge is 0.439 e. The molecule has 8 heteroatoms. The minimum Gasteiger partial charge on any atom is -0.439 e. The van der Waals surface area contributed by atoms with Crippen molar-refractivity contribution in [2.24, 2.45) is 5.92 Å². The van der Waals surface area contributed by atoms with Crippen molar-refractivity contribution in [2.75, 3.05) is 5.32 Å². The molecule has 1 amide bonds. The number of pyridine rings is 1. The molecule has 3 aromatic rings. The van der Waals surface area contributed by atoms with Crippen LogP contribution in [0.2, 0.25) is 10.0 Å². The number of hydrogen-bond donors (Lipinski definition) is 1. The average molecular weight is 483 g/mol. The van der Waals surface area contributed by atoms with Crippen molar-refractivity contribution in [1.82, 2.24) is 4.98 Å². The summed E-state index contributed by atoms with van der Waals surface area (Å²) in [4.78, 5) is 28.7. The summed E-state index contributed by atoms with van der Waals surface area (Å²) in [7, 11) is 0. The summed E-state index contributed by atoms with van der Waals surface area (Å²) in [6.07, 6.45) is 3.96. The molecule has 1 N–H and O–H groups in total. The molecular weight excluding hydrogens is 463 g/mol. The van der Waals surface area contributed by atoms with Crippen LogP contribution in [0, 0.1) is 5.92 Å². The van der Waals surface area contributed by atoms with Crippen LogP contribution in [0.15, 0.2) is 60.8 Å². The van der Waals surface area contributed by atoms with E-state index in [0.29, 0.717) is 45.1 Å². The lowest BCUT2D eigenvalue weighted by Gasteiger charge is -2.12. The van der Waals surface area contributed by atoms with E-state index < -0.39 is 0 Å². The second kappa shape index (κ2) is 9.65. The van der Waals surface area contributed by atoms with Crippen molar-refractivity contribution in [1.29, 1.82) is 0 Å². The van der Waals surface area contributed by atoms with Gasteiger partial charge in [-0.2, -0.15) is 0 Å². The maximum atomic E-state index is 12.4. The van der Waals surface area contributed by atoms with E-state index in [1.54, 1.807) is 38.1 Å². The van der Waals surface area contributed by atoms with Crippen LogP contribution in [0.3, 0.4) is 0 Å². The van der Waals surface area contributed by atoms with Crippen molar-refractivity contribution in [2.45, 2.75) is 20.3 Å². The van der Waals surface area contributed by atoms with Gasteiger partial charge >= 0.3 is 5.97 Å². The second-order valence-corrected chi connectivity index (χ2v) is 8.52. The highest BCUT2D eigenvalue weighted by molar-refractivity contribution is 6.42. The molecule has 2 aromatic carbocycles. The van der Waals surface area contributed by atoms with Gasteiger partial charge in [-0.15, -0.1) is 0 Å². The van der Waals surface area contributed by atoms with E-state index in [1.165, 1.54) is 12.3 Å². The SMILES string of the molecule is CC(C)C(=O)OC1=CCc2c(Oc3ccc(NC(=O)c4ccc(Cl)c(Cl)c4)cn3)cccc21. The highest BCUT2D eigenvalue weighted by Crippen LogP contribution is 2.36. The Morgan fingerprint density at radius 1 is 1.06 bits per heavy atom. The van der Waals surface area contributed by atoms with E-state index in [4.69, 9.17) is 32.7 Å². The first kappa shape index (κ1) is 22.8. The molecule has 0 spiro atoms. The summed E-state index contributed by atoms with van der Waals surface area (Å²) in [5, 5.41) is 3.44. The van der Waals surface area contributed by atoms with Gasteiger partial charge in [-0.1, -0.05) is 49.2 Å². The van der Waals surface area contributed by atoms with Gasteiger partial charge in [0, 0.05) is 22.8 Å². The molecular formula is C25H20Cl2N2O4. The Labute approximate surface area is 201 Å². The summed E-state index contributed by atoms with van der Waals surface area (Å²) in [5.41, 5.74) is 2.63. The Balaban J connectivity index is 1.44. The number of ether oxygens (including phenoxy) is 2. The molecule has 0 unspecified atom stereocenters. The molecule has 1 aliphatic carbocycles.